The van der Waals surface area contributed by atoms with Crippen LogP contribution in [-0.4, -0.2) is 175 Å². The van der Waals surface area contributed by atoms with Gasteiger partial charge in [0.1, 0.15) is 86.9 Å². The lowest BCUT2D eigenvalue weighted by Gasteiger charge is -2.40. The van der Waals surface area contributed by atoms with Gasteiger partial charge >= 0.3 is 23.9 Å². The molecule has 0 unspecified atom stereocenters. The highest BCUT2D eigenvalue weighted by Gasteiger charge is 2.39. The van der Waals surface area contributed by atoms with Gasteiger partial charge in [0.25, 0.3) is 0 Å². The fourth-order valence-electron chi connectivity index (χ4n) is 12.3. The van der Waals surface area contributed by atoms with Crippen LogP contribution in [0.1, 0.15) is 38.1 Å². The SMILES string of the molecule is CCN(CC)c1ccccc1OCCOc1cc(NC(=O)C2CN(c3ccc4c(-c5ccccc5C(=O)[O-])c5ccc(=[N+]6CC(C(=O)Nc7ccc(N(CC)CC(=O)OC)c(OCCOc8ccccc8N(CC(=O)OC)CC(=O)OC)c7)C6)cc-5oc4c3)C2)ccc1N(CC)CC(=O)OC. The molecule has 6 aromatic carbocycles. The van der Waals surface area contributed by atoms with Crippen LogP contribution in [0.3, 0.4) is 0 Å². The molecule has 530 valence electrons. The van der Waals surface area contributed by atoms with Crippen LogP contribution < -0.4 is 69.1 Å². The van der Waals surface area contributed by atoms with Gasteiger partial charge in [-0.05, 0) is 100.0 Å². The number of ether oxygens (including phenoxy) is 8. The molecule has 6 aromatic rings. The van der Waals surface area contributed by atoms with Crippen LogP contribution in [0, 0.1) is 11.8 Å². The molecule has 3 heterocycles. The minimum absolute atomic E-state index is 0.00390. The van der Waals surface area contributed by atoms with E-state index in [1.54, 1.807) is 77.7 Å². The maximum absolute atomic E-state index is 14.1. The number of likely N-dealkylation sites (N-methyl/N-ethyl adjacent to an activating group) is 2. The molecule has 0 aromatic heterocycles. The summed E-state index contributed by atoms with van der Waals surface area (Å²) in [5.41, 5.74) is 6.58. The summed E-state index contributed by atoms with van der Waals surface area (Å²) in [7, 11) is 5.15. The van der Waals surface area contributed by atoms with Gasteiger partial charge in [-0.25, -0.2) is 4.58 Å². The Morgan fingerprint density at radius 1 is 0.485 bits per heavy atom. The Labute approximate surface area is 585 Å². The van der Waals surface area contributed by atoms with Gasteiger partial charge in [0, 0.05) is 103 Å². The lowest BCUT2D eigenvalue weighted by atomic mass is 9.90. The van der Waals surface area contributed by atoms with Crippen LogP contribution in [0.15, 0.2) is 150 Å². The van der Waals surface area contributed by atoms with Gasteiger partial charge in [0.15, 0.2) is 19.0 Å². The molecular formula is C76H84N8O17. The van der Waals surface area contributed by atoms with E-state index in [1.165, 1.54) is 39.4 Å². The number of rotatable bonds is 33. The summed E-state index contributed by atoms with van der Waals surface area (Å²) < 4.78 is 53.6. The molecule has 2 fully saturated rings. The van der Waals surface area contributed by atoms with Crippen LogP contribution >= 0.6 is 0 Å². The number of para-hydroxylation sites is 4. The van der Waals surface area contributed by atoms with Crippen molar-refractivity contribution in [2.45, 2.75) is 27.7 Å². The van der Waals surface area contributed by atoms with E-state index >= 15 is 0 Å². The zero-order chi connectivity index (χ0) is 71.7. The van der Waals surface area contributed by atoms with Crippen molar-refractivity contribution in [3.63, 3.8) is 0 Å². The number of esters is 4. The number of carboxylic acids is 1. The molecule has 25 heteroatoms. The molecule has 2 amide bonds. The summed E-state index contributed by atoms with van der Waals surface area (Å²) >= 11 is 0. The van der Waals surface area contributed by atoms with E-state index in [9.17, 15) is 38.7 Å². The number of carbonyl (C=O) groups excluding carboxylic acids is 7. The van der Waals surface area contributed by atoms with Crippen molar-refractivity contribution in [3.05, 3.63) is 157 Å². The number of benzene rings is 7. The van der Waals surface area contributed by atoms with Crippen molar-refractivity contribution in [3.8, 4) is 45.4 Å². The van der Waals surface area contributed by atoms with Crippen molar-refractivity contribution in [2.75, 3.05) is 169 Å². The fraction of sp³-hybridized carbons (Fsp3) is 0.342. The second-order valence-electron chi connectivity index (χ2n) is 23.9. The maximum atomic E-state index is 14.1. The second-order valence-corrected chi connectivity index (χ2v) is 23.9. The standard InChI is InChI=1S/C76H84N8O17/c1-9-79(10-2)59-21-15-17-23-63(59)97-33-35-99-67-37-51(25-31-61(67)80(11-3)45-69(85)93-5)77-74(89)49-41-82(42-49)53-27-29-57-65(39-53)101-66-40-54(28-30-58(66)73(57)55-19-13-14-20-56(55)76(91)92)83-43-50(44-83)75(90)78-52-26-32-62(81(12-4)46-70(86)94-6)68(38-52)100-36-34-98-64-24-18-16-22-60(64)84(47-71(87)95-7)48-72(88)96-8/h13-32,37-40,49-50H,9-12,33-36,41-48H2,1-8H3,(H2-,77,78,89,90,91,92). The third kappa shape index (κ3) is 17.3. The summed E-state index contributed by atoms with van der Waals surface area (Å²) in [6, 6.07) is 43.3. The highest BCUT2D eigenvalue weighted by molar-refractivity contribution is 6.08. The Bertz CT molecular complexity index is 4330. The molecule has 0 bridgehead atoms. The summed E-state index contributed by atoms with van der Waals surface area (Å²) in [6.07, 6.45) is 0. The first-order chi connectivity index (χ1) is 49.0. The number of hydrogen-bond acceptors (Lipinski definition) is 22. The fourth-order valence-corrected chi connectivity index (χ4v) is 12.3. The lowest BCUT2D eigenvalue weighted by molar-refractivity contribution is -0.255. The van der Waals surface area contributed by atoms with E-state index in [4.69, 9.17) is 42.3 Å². The first-order valence-electron chi connectivity index (χ1n) is 33.5. The smallest absolute Gasteiger partial charge is 0.325 e. The molecule has 101 heavy (non-hydrogen) atoms. The average Bonchev–Trinajstić information content (AvgIpc) is 0.740. The van der Waals surface area contributed by atoms with E-state index in [0.29, 0.717) is 118 Å². The molecule has 0 saturated carbocycles. The van der Waals surface area contributed by atoms with Gasteiger partial charge in [-0.1, -0.05) is 48.5 Å². The molecule has 0 radical (unpaired) electrons. The van der Waals surface area contributed by atoms with Gasteiger partial charge in [0.05, 0.1) is 69.1 Å². The number of fused-ring (bicyclic) bond motifs is 2. The first kappa shape index (κ1) is 72.2. The zero-order valence-electron chi connectivity index (χ0n) is 57.9. The number of hydrogen-bond donors (Lipinski definition) is 2. The zero-order valence-corrected chi connectivity index (χ0v) is 57.9. The molecule has 1 aliphatic carbocycles. The number of anilines is 7. The Morgan fingerprint density at radius 2 is 0.941 bits per heavy atom. The van der Waals surface area contributed by atoms with Gasteiger partial charge in [-0.2, -0.15) is 0 Å². The normalized spacial score (nSPS) is 13.2. The first-order valence-corrected chi connectivity index (χ1v) is 33.5. The highest BCUT2D eigenvalue weighted by atomic mass is 16.5. The Morgan fingerprint density at radius 3 is 1.45 bits per heavy atom. The predicted molar refractivity (Wildman–Crippen MR) is 381 cm³/mol. The second kappa shape index (κ2) is 33.8. The molecule has 25 nitrogen and oxygen atoms in total. The van der Waals surface area contributed by atoms with Crippen LogP contribution in [0.25, 0.3) is 33.4 Å². The minimum Gasteiger partial charge on any atom is -0.545 e. The molecule has 10 rings (SSSR count). The Kier molecular flexibility index (Phi) is 24.2. The van der Waals surface area contributed by atoms with Crippen LogP contribution in [0.2, 0.25) is 0 Å². The largest absolute Gasteiger partial charge is 0.545 e. The predicted octanol–water partition coefficient (Wildman–Crippen LogP) is 7.60. The van der Waals surface area contributed by atoms with Crippen LogP contribution in [-0.2, 0) is 47.7 Å². The molecule has 2 saturated heterocycles. The Hall–Kier alpha value is -11.5. The third-order valence-electron chi connectivity index (χ3n) is 17.8. The van der Waals surface area contributed by atoms with E-state index in [2.05, 4.69) is 34.3 Å². The number of aromatic carboxylic acids is 1. The van der Waals surface area contributed by atoms with Crippen molar-refractivity contribution >= 4 is 92.4 Å². The van der Waals surface area contributed by atoms with Crippen LogP contribution in [0.4, 0.5) is 39.8 Å². The van der Waals surface area contributed by atoms with Gasteiger partial charge < -0.3 is 87.3 Å². The van der Waals surface area contributed by atoms with E-state index < -0.39 is 35.8 Å². The molecule has 0 spiro atoms. The third-order valence-corrected chi connectivity index (χ3v) is 17.8. The number of methoxy groups -OCH3 is 4. The summed E-state index contributed by atoms with van der Waals surface area (Å²) in [4.78, 5) is 99.9. The quantitative estimate of drug-likeness (QED) is 0.0132. The van der Waals surface area contributed by atoms with Crippen molar-refractivity contribution in [1.82, 2.24) is 4.58 Å². The number of carbonyl (C=O) groups is 7. The number of nitrogens with zero attached hydrogens (tertiary/aromatic N) is 6. The summed E-state index contributed by atoms with van der Waals surface area (Å²) in [5, 5.41) is 20.3. The van der Waals surface area contributed by atoms with Gasteiger partial charge in [0.2, 0.25) is 17.2 Å². The topological polar surface area (TPSA) is 273 Å². The van der Waals surface area contributed by atoms with E-state index in [0.717, 1.165) is 35.6 Å². The van der Waals surface area contributed by atoms with E-state index in [1.807, 2.05) is 90.1 Å². The monoisotopic (exact) mass is 1380 g/mol. The number of nitrogens with one attached hydrogen (secondary N) is 2. The highest BCUT2D eigenvalue weighted by Crippen LogP contribution is 2.43. The molecule has 4 aliphatic rings. The molecular weight excluding hydrogens is 1300 g/mol. The van der Waals surface area contributed by atoms with Crippen molar-refractivity contribution < 1.29 is 81.0 Å². The van der Waals surface area contributed by atoms with Gasteiger partial charge in [-0.15, -0.1) is 0 Å². The molecule has 0 atom stereocenters. The van der Waals surface area contributed by atoms with Gasteiger partial charge in [-0.3, -0.25) is 28.8 Å². The maximum Gasteiger partial charge on any atom is 0.325 e. The van der Waals surface area contributed by atoms with Crippen LogP contribution in [0.5, 0.6) is 23.0 Å². The summed E-state index contributed by atoms with van der Waals surface area (Å²) in [6.45, 7) is 11.9. The molecule has 3 aliphatic heterocycles. The van der Waals surface area contributed by atoms with Crippen molar-refractivity contribution in [2.24, 2.45) is 11.8 Å². The number of carboxylic acid groups (broad SMARTS) is 1. The summed E-state index contributed by atoms with van der Waals surface area (Å²) in [5.74, 6) is -2.24. The number of amides is 2. The lowest BCUT2D eigenvalue weighted by Crippen LogP contribution is -2.53. The van der Waals surface area contributed by atoms with E-state index in [-0.39, 0.29) is 75.9 Å². The minimum atomic E-state index is -1.34. The van der Waals surface area contributed by atoms with Crippen molar-refractivity contribution in [1.29, 1.82) is 0 Å². The molecule has 2 N–H and O–H groups in total. The Balaban J connectivity index is 0.841. The average molecular weight is 1380 g/mol.